The molecule has 1 aromatic rings. The van der Waals surface area contributed by atoms with Crippen molar-refractivity contribution in [1.82, 2.24) is 0 Å². The van der Waals surface area contributed by atoms with Crippen LogP contribution >= 0.6 is 27.5 Å². The van der Waals surface area contributed by atoms with Crippen LogP contribution in [0.2, 0.25) is 5.02 Å². The van der Waals surface area contributed by atoms with Gasteiger partial charge in [0.1, 0.15) is 0 Å². The van der Waals surface area contributed by atoms with Gasteiger partial charge in [0.15, 0.2) is 0 Å². The van der Waals surface area contributed by atoms with Crippen LogP contribution < -0.4 is 0 Å². The van der Waals surface area contributed by atoms with Crippen molar-refractivity contribution in [1.29, 1.82) is 0 Å². The highest BCUT2D eigenvalue weighted by Gasteiger charge is 2.37. The van der Waals surface area contributed by atoms with Gasteiger partial charge in [0.2, 0.25) is 5.92 Å². The first-order valence-electron chi connectivity index (χ1n) is 6.37. The Labute approximate surface area is 125 Å². The summed E-state index contributed by atoms with van der Waals surface area (Å²) in [6, 6.07) is 5.49. The molecular formula is C14H16BrClF2O. The molecule has 0 amide bonds. The van der Waals surface area contributed by atoms with E-state index < -0.39 is 12.0 Å². The summed E-state index contributed by atoms with van der Waals surface area (Å²) in [5.74, 6) is -2.61. The third-order valence-electron chi connectivity index (χ3n) is 3.75. The molecule has 0 saturated heterocycles. The molecule has 1 aliphatic rings. The van der Waals surface area contributed by atoms with Crippen LogP contribution in [0.5, 0.6) is 0 Å². The van der Waals surface area contributed by atoms with Gasteiger partial charge in [0.25, 0.3) is 0 Å². The Bertz CT molecular complexity index is 443. The van der Waals surface area contributed by atoms with Gasteiger partial charge in [-0.3, -0.25) is 0 Å². The van der Waals surface area contributed by atoms with E-state index in [2.05, 4.69) is 15.9 Å². The van der Waals surface area contributed by atoms with E-state index in [1.807, 2.05) is 12.1 Å². The molecule has 1 aliphatic carbocycles. The Morgan fingerprint density at radius 3 is 2.58 bits per heavy atom. The van der Waals surface area contributed by atoms with Gasteiger partial charge >= 0.3 is 0 Å². The van der Waals surface area contributed by atoms with Crippen LogP contribution in [-0.4, -0.2) is 17.1 Å². The predicted octanol–water partition coefficient (Wildman–Crippen LogP) is 4.83. The van der Waals surface area contributed by atoms with Gasteiger partial charge in [-0.1, -0.05) is 33.6 Å². The lowest BCUT2D eigenvalue weighted by molar-refractivity contribution is -0.0619. The highest BCUT2D eigenvalue weighted by Crippen LogP contribution is 2.38. The molecule has 1 N–H and O–H groups in total. The van der Waals surface area contributed by atoms with Crippen molar-refractivity contribution in [2.45, 2.75) is 44.1 Å². The summed E-state index contributed by atoms with van der Waals surface area (Å²) in [4.78, 5) is 0. The standard InChI is InChI=1S/C14H16BrClF2O/c15-11-2-1-10(12(16)8-11)7-13(19)9-3-5-14(17,18)6-4-9/h1-2,8-9,13,19H,3-7H2. The Balaban J connectivity index is 1.96. The third-order valence-corrected chi connectivity index (χ3v) is 4.60. The summed E-state index contributed by atoms with van der Waals surface area (Å²) in [7, 11) is 0. The summed E-state index contributed by atoms with van der Waals surface area (Å²) in [5, 5.41) is 10.8. The van der Waals surface area contributed by atoms with Gasteiger partial charge in [0.05, 0.1) is 6.10 Å². The topological polar surface area (TPSA) is 20.2 Å². The molecule has 0 bridgehead atoms. The fraction of sp³-hybridized carbons (Fsp3) is 0.571. The summed E-state index contributed by atoms with van der Waals surface area (Å²) < 4.78 is 27.0. The minimum Gasteiger partial charge on any atom is -0.392 e. The Morgan fingerprint density at radius 1 is 1.37 bits per heavy atom. The van der Waals surface area contributed by atoms with Crippen LogP contribution in [0.25, 0.3) is 0 Å². The van der Waals surface area contributed by atoms with E-state index >= 15 is 0 Å². The first-order valence-corrected chi connectivity index (χ1v) is 7.54. The van der Waals surface area contributed by atoms with Gasteiger partial charge in [-0.2, -0.15) is 0 Å². The van der Waals surface area contributed by atoms with Crippen molar-refractivity contribution in [3.63, 3.8) is 0 Å². The van der Waals surface area contributed by atoms with E-state index in [0.717, 1.165) is 10.0 Å². The monoisotopic (exact) mass is 352 g/mol. The molecule has 19 heavy (non-hydrogen) atoms. The molecule has 0 aromatic heterocycles. The van der Waals surface area contributed by atoms with Gasteiger partial charge < -0.3 is 5.11 Å². The Kier molecular flexibility index (Phi) is 4.85. The quantitative estimate of drug-likeness (QED) is 0.825. The Hall–Kier alpha value is -0.190. The minimum absolute atomic E-state index is 0.0562. The zero-order chi connectivity index (χ0) is 14.0. The maximum atomic E-state index is 13.1. The first kappa shape index (κ1) is 15.2. The highest BCUT2D eigenvalue weighted by molar-refractivity contribution is 9.10. The van der Waals surface area contributed by atoms with Crippen LogP contribution in [0, 0.1) is 5.92 Å². The first-order chi connectivity index (χ1) is 8.87. The molecule has 1 aromatic carbocycles. The van der Waals surface area contributed by atoms with Gasteiger partial charge in [-0.05, 0) is 36.5 Å². The maximum absolute atomic E-state index is 13.1. The van der Waals surface area contributed by atoms with Crippen molar-refractivity contribution in [3.8, 4) is 0 Å². The fourth-order valence-corrected chi connectivity index (χ4v) is 3.28. The average Bonchev–Trinajstić information content (AvgIpc) is 2.32. The molecule has 106 valence electrons. The maximum Gasteiger partial charge on any atom is 0.248 e. The van der Waals surface area contributed by atoms with Gasteiger partial charge in [-0.15, -0.1) is 0 Å². The minimum atomic E-state index is -2.55. The summed E-state index contributed by atoms with van der Waals surface area (Å²) in [5.41, 5.74) is 0.856. The Morgan fingerprint density at radius 2 is 2.00 bits per heavy atom. The van der Waals surface area contributed by atoms with E-state index in [9.17, 15) is 13.9 Å². The molecule has 0 radical (unpaired) electrons. The van der Waals surface area contributed by atoms with Crippen molar-refractivity contribution >= 4 is 27.5 Å². The molecule has 1 fully saturated rings. The SMILES string of the molecule is OC(Cc1ccc(Br)cc1Cl)C1CCC(F)(F)CC1. The van der Waals surface area contributed by atoms with Crippen LogP contribution in [0.1, 0.15) is 31.2 Å². The molecule has 0 heterocycles. The van der Waals surface area contributed by atoms with Crippen molar-refractivity contribution in [2.75, 3.05) is 0 Å². The van der Waals surface area contributed by atoms with Crippen LogP contribution in [-0.2, 0) is 6.42 Å². The predicted molar refractivity (Wildman–Crippen MR) is 75.8 cm³/mol. The highest BCUT2D eigenvalue weighted by atomic mass is 79.9. The number of hydrogen-bond donors (Lipinski definition) is 1. The molecule has 1 nitrogen and oxygen atoms in total. The summed E-state index contributed by atoms with van der Waals surface area (Å²) >= 11 is 9.42. The number of rotatable bonds is 3. The largest absolute Gasteiger partial charge is 0.392 e. The average molecular weight is 354 g/mol. The van der Waals surface area contributed by atoms with Crippen molar-refractivity contribution < 1.29 is 13.9 Å². The lowest BCUT2D eigenvalue weighted by atomic mass is 9.81. The van der Waals surface area contributed by atoms with Gasteiger partial charge in [-0.25, -0.2) is 8.78 Å². The molecular weight excluding hydrogens is 338 g/mol. The second-order valence-corrected chi connectivity index (χ2v) is 6.52. The number of alkyl halides is 2. The second kappa shape index (κ2) is 6.06. The molecule has 0 spiro atoms. The van der Waals surface area contributed by atoms with Crippen LogP contribution in [0.15, 0.2) is 22.7 Å². The number of aliphatic hydroxyl groups excluding tert-OH is 1. The van der Waals surface area contributed by atoms with E-state index in [1.54, 1.807) is 6.07 Å². The molecule has 1 unspecified atom stereocenters. The van der Waals surface area contributed by atoms with E-state index in [4.69, 9.17) is 11.6 Å². The lowest BCUT2D eigenvalue weighted by Gasteiger charge is -2.31. The van der Waals surface area contributed by atoms with E-state index in [1.165, 1.54) is 0 Å². The van der Waals surface area contributed by atoms with Gasteiger partial charge in [0, 0.05) is 28.8 Å². The number of benzene rings is 1. The summed E-state index contributed by atoms with van der Waals surface area (Å²) in [6.45, 7) is 0. The van der Waals surface area contributed by atoms with Crippen molar-refractivity contribution in [2.24, 2.45) is 5.92 Å². The van der Waals surface area contributed by atoms with E-state index in [-0.39, 0.29) is 18.8 Å². The molecule has 2 rings (SSSR count). The molecule has 1 saturated carbocycles. The number of aliphatic hydroxyl groups is 1. The third kappa shape index (κ3) is 4.14. The smallest absolute Gasteiger partial charge is 0.248 e. The summed E-state index contributed by atoms with van der Waals surface area (Å²) in [6.07, 6.45) is 0.327. The van der Waals surface area contributed by atoms with E-state index in [0.29, 0.717) is 24.3 Å². The van der Waals surface area contributed by atoms with Crippen LogP contribution in [0.4, 0.5) is 8.78 Å². The zero-order valence-electron chi connectivity index (χ0n) is 10.4. The van der Waals surface area contributed by atoms with Crippen molar-refractivity contribution in [3.05, 3.63) is 33.3 Å². The molecule has 5 heteroatoms. The number of hydrogen-bond acceptors (Lipinski definition) is 1. The van der Waals surface area contributed by atoms with Crippen LogP contribution in [0.3, 0.4) is 0 Å². The second-order valence-electron chi connectivity index (χ2n) is 5.20. The zero-order valence-corrected chi connectivity index (χ0v) is 12.7. The number of halogens is 4. The lowest BCUT2D eigenvalue weighted by Crippen LogP contribution is -2.32. The fourth-order valence-electron chi connectivity index (χ4n) is 2.53. The molecule has 0 aliphatic heterocycles. The molecule has 1 atom stereocenters. The normalized spacial score (nSPS) is 21.3.